The van der Waals surface area contributed by atoms with Gasteiger partial charge in [0.05, 0.1) is 4.53 Å². The fraction of sp³-hybridized carbons (Fsp3) is 0. The Kier molecular flexibility index (Phi) is 3.74. The fourth-order valence-electron chi connectivity index (χ4n) is 2.34. The Morgan fingerprint density at radius 2 is 2.00 bits per heavy atom. The summed E-state index contributed by atoms with van der Waals surface area (Å²) in [5.74, 6) is 0.148. The molecule has 2 aromatic carbocycles. The van der Waals surface area contributed by atoms with Gasteiger partial charge in [0.25, 0.3) is 5.56 Å². The van der Waals surface area contributed by atoms with Gasteiger partial charge in [0, 0.05) is 10.0 Å². The maximum absolute atomic E-state index is 13.3. The van der Waals surface area contributed by atoms with E-state index in [1.54, 1.807) is 18.2 Å². The SMILES string of the molecule is O=c1/c(=C/c2cccc(F)c2)sc2nc(-c3ccccc3Br)nn12. The highest BCUT2D eigenvalue weighted by atomic mass is 79.9. The van der Waals surface area contributed by atoms with Crippen LogP contribution in [0.25, 0.3) is 22.4 Å². The molecule has 118 valence electrons. The molecule has 2 aromatic heterocycles. The van der Waals surface area contributed by atoms with Crippen molar-refractivity contribution >= 4 is 38.3 Å². The quantitative estimate of drug-likeness (QED) is 0.517. The van der Waals surface area contributed by atoms with E-state index in [1.807, 2.05) is 24.3 Å². The van der Waals surface area contributed by atoms with E-state index in [1.165, 1.54) is 28.0 Å². The van der Waals surface area contributed by atoms with Gasteiger partial charge in [-0.1, -0.05) is 51.5 Å². The second-order valence-electron chi connectivity index (χ2n) is 5.08. The summed E-state index contributed by atoms with van der Waals surface area (Å²) in [7, 11) is 0. The summed E-state index contributed by atoms with van der Waals surface area (Å²) >= 11 is 4.69. The molecular formula is C17H9BrFN3OS. The Bertz CT molecular complexity index is 1170. The van der Waals surface area contributed by atoms with Crippen LogP contribution in [0.4, 0.5) is 4.39 Å². The van der Waals surface area contributed by atoms with Crippen molar-refractivity contribution in [1.29, 1.82) is 0 Å². The molecule has 4 rings (SSSR count). The van der Waals surface area contributed by atoms with E-state index >= 15 is 0 Å². The van der Waals surface area contributed by atoms with Gasteiger partial charge in [-0.2, -0.15) is 9.50 Å². The lowest BCUT2D eigenvalue weighted by atomic mass is 10.2. The van der Waals surface area contributed by atoms with Crippen molar-refractivity contribution in [3.8, 4) is 11.4 Å². The van der Waals surface area contributed by atoms with E-state index in [0.717, 1.165) is 10.0 Å². The molecule has 0 amide bonds. The Morgan fingerprint density at radius 1 is 1.17 bits per heavy atom. The average molecular weight is 402 g/mol. The van der Waals surface area contributed by atoms with Gasteiger partial charge in [-0.15, -0.1) is 5.10 Å². The van der Waals surface area contributed by atoms with Crippen LogP contribution >= 0.6 is 27.3 Å². The maximum Gasteiger partial charge on any atom is 0.291 e. The third-order valence-electron chi connectivity index (χ3n) is 3.44. The molecule has 0 aliphatic rings. The lowest BCUT2D eigenvalue weighted by molar-refractivity contribution is 0.627. The summed E-state index contributed by atoms with van der Waals surface area (Å²) < 4.78 is 15.9. The minimum atomic E-state index is -0.341. The van der Waals surface area contributed by atoms with Gasteiger partial charge < -0.3 is 0 Å². The first-order chi connectivity index (χ1) is 11.6. The number of benzene rings is 2. The van der Waals surface area contributed by atoms with Crippen LogP contribution in [-0.2, 0) is 0 Å². The van der Waals surface area contributed by atoms with Crippen LogP contribution in [0.1, 0.15) is 5.56 Å². The highest BCUT2D eigenvalue weighted by Crippen LogP contribution is 2.25. The van der Waals surface area contributed by atoms with Gasteiger partial charge in [-0.05, 0) is 35.9 Å². The summed E-state index contributed by atoms with van der Waals surface area (Å²) in [6, 6.07) is 13.6. The van der Waals surface area contributed by atoms with Crippen LogP contribution in [0.15, 0.2) is 57.8 Å². The van der Waals surface area contributed by atoms with Crippen molar-refractivity contribution in [1.82, 2.24) is 14.6 Å². The van der Waals surface area contributed by atoms with Crippen molar-refractivity contribution in [2.75, 3.05) is 0 Å². The number of fused-ring (bicyclic) bond motifs is 1. The number of thiazole rings is 1. The first-order valence-corrected chi connectivity index (χ1v) is 8.64. The van der Waals surface area contributed by atoms with E-state index in [9.17, 15) is 9.18 Å². The van der Waals surface area contributed by atoms with Crippen LogP contribution in [0.2, 0.25) is 0 Å². The highest BCUT2D eigenvalue weighted by Gasteiger charge is 2.13. The molecule has 0 atom stereocenters. The summed E-state index contributed by atoms with van der Waals surface area (Å²) in [4.78, 5) is 17.4. The molecule has 4 nitrogen and oxygen atoms in total. The highest BCUT2D eigenvalue weighted by molar-refractivity contribution is 9.10. The fourth-order valence-corrected chi connectivity index (χ4v) is 3.71. The molecule has 7 heteroatoms. The van der Waals surface area contributed by atoms with Gasteiger partial charge in [0.1, 0.15) is 5.82 Å². The largest absolute Gasteiger partial charge is 0.291 e. The number of hydrogen-bond donors (Lipinski definition) is 0. The summed E-state index contributed by atoms with van der Waals surface area (Å²) in [6.45, 7) is 0. The number of aromatic nitrogens is 3. The molecule has 0 radical (unpaired) electrons. The Hall–Kier alpha value is -2.38. The molecule has 0 bridgehead atoms. The first kappa shape index (κ1) is 15.2. The molecule has 0 aliphatic carbocycles. The zero-order valence-corrected chi connectivity index (χ0v) is 14.5. The molecule has 0 saturated heterocycles. The van der Waals surface area contributed by atoms with Crippen LogP contribution in [0, 0.1) is 5.82 Å². The Balaban J connectivity index is 1.85. The first-order valence-electron chi connectivity index (χ1n) is 7.03. The van der Waals surface area contributed by atoms with E-state index in [4.69, 9.17) is 0 Å². The Morgan fingerprint density at radius 3 is 2.75 bits per heavy atom. The number of halogens is 2. The minimum Gasteiger partial charge on any atom is -0.266 e. The van der Waals surface area contributed by atoms with E-state index in [2.05, 4.69) is 26.0 Å². The normalized spacial score (nSPS) is 12.2. The molecule has 2 heterocycles. The lowest BCUT2D eigenvalue weighted by Gasteiger charge is -1.97. The van der Waals surface area contributed by atoms with Gasteiger partial charge in [-0.3, -0.25) is 4.79 Å². The van der Waals surface area contributed by atoms with Crippen LogP contribution in [-0.4, -0.2) is 14.6 Å². The summed E-state index contributed by atoms with van der Waals surface area (Å²) in [5, 5.41) is 4.30. The van der Waals surface area contributed by atoms with E-state index in [0.29, 0.717) is 20.9 Å². The smallest absolute Gasteiger partial charge is 0.266 e. The third kappa shape index (κ3) is 2.65. The van der Waals surface area contributed by atoms with Gasteiger partial charge >= 0.3 is 0 Å². The van der Waals surface area contributed by atoms with Gasteiger partial charge in [0.15, 0.2) is 5.82 Å². The summed E-state index contributed by atoms with van der Waals surface area (Å²) in [6.07, 6.45) is 1.64. The molecule has 0 spiro atoms. The second kappa shape index (κ2) is 5.92. The topological polar surface area (TPSA) is 47.3 Å². The minimum absolute atomic E-state index is 0.259. The molecule has 0 aliphatic heterocycles. The van der Waals surface area contributed by atoms with Crippen molar-refractivity contribution in [2.45, 2.75) is 0 Å². The molecule has 0 unspecified atom stereocenters. The van der Waals surface area contributed by atoms with Crippen LogP contribution in [0.5, 0.6) is 0 Å². The van der Waals surface area contributed by atoms with Crippen molar-refractivity contribution in [3.05, 3.63) is 79.3 Å². The Labute approximate surface area is 148 Å². The van der Waals surface area contributed by atoms with Crippen molar-refractivity contribution in [2.24, 2.45) is 0 Å². The lowest BCUT2D eigenvalue weighted by Crippen LogP contribution is -2.23. The molecule has 4 aromatic rings. The zero-order valence-electron chi connectivity index (χ0n) is 12.1. The van der Waals surface area contributed by atoms with Crippen molar-refractivity contribution in [3.63, 3.8) is 0 Å². The van der Waals surface area contributed by atoms with E-state index < -0.39 is 0 Å². The predicted molar refractivity (Wildman–Crippen MR) is 95.5 cm³/mol. The zero-order chi connectivity index (χ0) is 16.7. The number of rotatable bonds is 2. The van der Waals surface area contributed by atoms with Gasteiger partial charge in [0.2, 0.25) is 4.96 Å². The molecule has 0 fully saturated rings. The molecule has 0 N–H and O–H groups in total. The molecule has 0 saturated carbocycles. The predicted octanol–water partition coefficient (Wildman–Crippen LogP) is 3.27. The molecular weight excluding hydrogens is 393 g/mol. The van der Waals surface area contributed by atoms with Crippen LogP contribution in [0.3, 0.4) is 0 Å². The second-order valence-corrected chi connectivity index (χ2v) is 6.94. The van der Waals surface area contributed by atoms with E-state index in [-0.39, 0.29) is 11.4 Å². The number of nitrogens with zero attached hydrogens (tertiary/aromatic N) is 3. The standard InChI is InChI=1S/C17H9BrFN3OS/c18-13-7-2-1-6-12(13)15-20-17-22(21-15)16(23)14(24-17)9-10-4-3-5-11(19)8-10/h1-9H/b14-9-. The maximum atomic E-state index is 13.3. The monoisotopic (exact) mass is 401 g/mol. The number of hydrogen-bond acceptors (Lipinski definition) is 4. The van der Waals surface area contributed by atoms with Crippen LogP contribution < -0.4 is 10.1 Å². The third-order valence-corrected chi connectivity index (χ3v) is 5.09. The van der Waals surface area contributed by atoms with Crippen molar-refractivity contribution < 1.29 is 4.39 Å². The molecule has 24 heavy (non-hydrogen) atoms. The average Bonchev–Trinajstić information content (AvgIpc) is 3.08. The van der Waals surface area contributed by atoms with Gasteiger partial charge in [-0.25, -0.2) is 4.39 Å². The summed E-state index contributed by atoms with van der Waals surface area (Å²) in [5.41, 5.74) is 1.19.